The molecule has 0 spiro atoms. The van der Waals surface area contributed by atoms with Gasteiger partial charge in [0.05, 0.1) is 5.56 Å². The van der Waals surface area contributed by atoms with E-state index < -0.39 is 0 Å². The summed E-state index contributed by atoms with van der Waals surface area (Å²) in [6, 6.07) is 10.1. The van der Waals surface area contributed by atoms with Crippen LogP contribution in [-0.4, -0.2) is 16.6 Å². The highest BCUT2D eigenvalue weighted by molar-refractivity contribution is 7.99. The molecule has 26 heavy (non-hydrogen) atoms. The summed E-state index contributed by atoms with van der Waals surface area (Å²) >= 11 is 1.50. The lowest BCUT2D eigenvalue weighted by molar-refractivity contribution is -0.115. The number of hydrogen-bond acceptors (Lipinski definition) is 4. The smallest absolute Gasteiger partial charge is 0.225 e. The summed E-state index contributed by atoms with van der Waals surface area (Å²) < 4.78 is 0. The second kappa shape index (κ2) is 8.37. The number of nitriles is 1. The molecule has 3 rings (SSSR count). The van der Waals surface area contributed by atoms with Gasteiger partial charge in [0.1, 0.15) is 11.1 Å². The van der Waals surface area contributed by atoms with E-state index >= 15 is 0 Å². The predicted octanol–water partition coefficient (Wildman–Crippen LogP) is 4.57. The number of carbonyl (C=O) groups excluding carboxylic acids is 1. The molecule has 1 N–H and O–H groups in total. The largest absolute Gasteiger partial charge is 0.326 e. The molecule has 1 aliphatic carbocycles. The molecule has 0 radical (unpaired) electrons. The monoisotopic (exact) mass is 365 g/mol. The van der Waals surface area contributed by atoms with Gasteiger partial charge in [-0.15, -0.1) is 11.8 Å². The zero-order chi connectivity index (χ0) is 18.5. The number of rotatable bonds is 5. The topological polar surface area (TPSA) is 65.8 Å². The van der Waals surface area contributed by atoms with Crippen LogP contribution in [0.1, 0.15) is 47.2 Å². The summed E-state index contributed by atoms with van der Waals surface area (Å²) in [5.74, 6) is 0.597. The number of nitrogens with one attached hydrogen (secondary N) is 1. The van der Waals surface area contributed by atoms with Gasteiger partial charge >= 0.3 is 0 Å². The van der Waals surface area contributed by atoms with Gasteiger partial charge in [-0.1, -0.05) is 12.1 Å². The molecule has 4 nitrogen and oxygen atoms in total. The third-order valence-corrected chi connectivity index (χ3v) is 5.83. The predicted molar refractivity (Wildman–Crippen MR) is 105 cm³/mol. The van der Waals surface area contributed by atoms with Crippen LogP contribution in [0.3, 0.4) is 0 Å². The van der Waals surface area contributed by atoms with Gasteiger partial charge in [-0.2, -0.15) is 5.26 Å². The Morgan fingerprint density at radius 3 is 2.92 bits per heavy atom. The number of carbonyl (C=O) groups is 1. The van der Waals surface area contributed by atoms with Crippen LogP contribution in [0.25, 0.3) is 0 Å². The highest BCUT2D eigenvalue weighted by Gasteiger charge is 2.16. The summed E-state index contributed by atoms with van der Waals surface area (Å²) in [6.45, 7) is 4.04. The van der Waals surface area contributed by atoms with Crippen LogP contribution in [0, 0.1) is 25.2 Å². The molecule has 2 aromatic rings. The molecular weight excluding hydrogens is 342 g/mol. The zero-order valence-corrected chi connectivity index (χ0v) is 16.1. The molecule has 0 unspecified atom stereocenters. The maximum atomic E-state index is 12.2. The van der Waals surface area contributed by atoms with E-state index in [4.69, 9.17) is 4.98 Å². The van der Waals surface area contributed by atoms with Gasteiger partial charge in [-0.05, 0) is 68.4 Å². The summed E-state index contributed by atoms with van der Waals surface area (Å²) in [5, 5.41) is 13.1. The number of aromatic nitrogens is 1. The lowest BCUT2D eigenvalue weighted by Crippen LogP contribution is -2.13. The molecule has 5 heteroatoms. The van der Waals surface area contributed by atoms with Crippen LogP contribution in [-0.2, 0) is 17.6 Å². The Bertz CT molecular complexity index is 870. The van der Waals surface area contributed by atoms with Crippen molar-refractivity contribution in [2.45, 2.75) is 51.0 Å². The molecule has 1 heterocycles. The second-order valence-corrected chi connectivity index (χ2v) is 7.74. The van der Waals surface area contributed by atoms with Gasteiger partial charge < -0.3 is 5.32 Å². The summed E-state index contributed by atoms with van der Waals surface area (Å²) in [4.78, 5) is 16.9. The van der Waals surface area contributed by atoms with Gasteiger partial charge in [-0.25, -0.2) is 4.98 Å². The quantitative estimate of drug-likeness (QED) is 0.788. The first-order valence-corrected chi connectivity index (χ1v) is 9.99. The number of aryl methyl sites for hydroxylation is 3. The third kappa shape index (κ3) is 4.25. The third-order valence-electron chi connectivity index (χ3n) is 4.83. The van der Waals surface area contributed by atoms with Crippen molar-refractivity contribution in [1.29, 1.82) is 5.26 Å². The molecule has 0 aliphatic heterocycles. The van der Waals surface area contributed by atoms with Crippen molar-refractivity contribution in [3.63, 3.8) is 0 Å². The fourth-order valence-corrected chi connectivity index (χ4v) is 4.06. The van der Waals surface area contributed by atoms with Crippen LogP contribution in [0.5, 0.6) is 0 Å². The average molecular weight is 366 g/mol. The van der Waals surface area contributed by atoms with E-state index in [0.29, 0.717) is 17.7 Å². The van der Waals surface area contributed by atoms with Crippen molar-refractivity contribution in [3.05, 3.63) is 52.2 Å². The van der Waals surface area contributed by atoms with Gasteiger partial charge in [0, 0.05) is 23.6 Å². The maximum absolute atomic E-state index is 12.2. The molecular formula is C21H23N3OS. The molecule has 1 aliphatic rings. The zero-order valence-electron chi connectivity index (χ0n) is 15.3. The van der Waals surface area contributed by atoms with Crippen LogP contribution in [0.2, 0.25) is 0 Å². The minimum absolute atomic E-state index is 0.0114. The number of amides is 1. The van der Waals surface area contributed by atoms with Crippen molar-refractivity contribution >= 4 is 23.4 Å². The van der Waals surface area contributed by atoms with Crippen LogP contribution in [0.4, 0.5) is 5.69 Å². The van der Waals surface area contributed by atoms with E-state index in [1.807, 2.05) is 38.1 Å². The molecule has 0 saturated carbocycles. The fraction of sp³-hybridized carbons (Fsp3) is 0.381. The number of benzene rings is 1. The first-order valence-electron chi connectivity index (χ1n) is 9.00. The van der Waals surface area contributed by atoms with E-state index in [1.54, 1.807) is 0 Å². The Labute approximate surface area is 159 Å². The molecule has 1 aromatic heterocycles. The molecule has 0 fully saturated rings. The first-order chi connectivity index (χ1) is 12.6. The second-order valence-electron chi connectivity index (χ2n) is 6.66. The van der Waals surface area contributed by atoms with Crippen LogP contribution < -0.4 is 5.32 Å². The lowest BCUT2D eigenvalue weighted by Gasteiger charge is -2.16. The number of anilines is 1. The molecule has 134 valence electrons. The van der Waals surface area contributed by atoms with Crippen molar-refractivity contribution in [3.8, 4) is 6.07 Å². The van der Waals surface area contributed by atoms with E-state index in [0.717, 1.165) is 46.8 Å². The van der Waals surface area contributed by atoms with Gasteiger partial charge in [0.15, 0.2) is 0 Å². The standard InChI is InChI=1S/C21H23N3OS/c1-14-6-5-9-18(15(14)2)23-20(25)10-11-26-21-17(13-22)12-16-7-3-4-8-19(16)24-21/h5-6,9,12H,3-4,7-8,10-11H2,1-2H3,(H,23,25). The molecule has 0 bridgehead atoms. The number of nitrogens with zero attached hydrogens (tertiary/aromatic N) is 2. The fourth-order valence-electron chi connectivity index (χ4n) is 3.14. The van der Waals surface area contributed by atoms with Crippen molar-refractivity contribution in [1.82, 2.24) is 4.98 Å². The summed E-state index contributed by atoms with van der Waals surface area (Å²) in [7, 11) is 0. The van der Waals surface area contributed by atoms with E-state index in [2.05, 4.69) is 11.4 Å². The highest BCUT2D eigenvalue weighted by Crippen LogP contribution is 2.27. The molecule has 1 amide bonds. The maximum Gasteiger partial charge on any atom is 0.225 e. The highest BCUT2D eigenvalue weighted by atomic mass is 32.2. The summed E-state index contributed by atoms with van der Waals surface area (Å²) in [5.41, 5.74) is 6.09. The van der Waals surface area contributed by atoms with Crippen LogP contribution in [0.15, 0.2) is 29.3 Å². The Hall–Kier alpha value is -2.32. The van der Waals surface area contributed by atoms with Crippen molar-refractivity contribution < 1.29 is 4.79 Å². The minimum Gasteiger partial charge on any atom is -0.326 e. The Morgan fingerprint density at radius 1 is 1.31 bits per heavy atom. The van der Waals surface area contributed by atoms with Crippen molar-refractivity contribution in [2.24, 2.45) is 0 Å². The van der Waals surface area contributed by atoms with Crippen molar-refractivity contribution in [2.75, 3.05) is 11.1 Å². The van der Waals surface area contributed by atoms with E-state index in [9.17, 15) is 10.1 Å². The first kappa shape index (κ1) is 18.5. The number of pyridine rings is 1. The van der Waals surface area contributed by atoms with Gasteiger partial charge in [0.25, 0.3) is 0 Å². The Kier molecular flexibility index (Phi) is 5.95. The minimum atomic E-state index is -0.0114. The normalized spacial score (nSPS) is 13.0. The molecule has 1 aromatic carbocycles. The Morgan fingerprint density at radius 2 is 2.12 bits per heavy atom. The number of thioether (sulfide) groups is 1. The van der Waals surface area contributed by atoms with E-state index in [-0.39, 0.29) is 5.91 Å². The summed E-state index contributed by atoms with van der Waals surface area (Å²) in [6.07, 6.45) is 4.72. The molecule has 0 saturated heterocycles. The van der Waals surface area contributed by atoms with E-state index in [1.165, 1.54) is 23.7 Å². The van der Waals surface area contributed by atoms with Gasteiger partial charge in [0.2, 0.25) is 5.91 Å². The molecule has 0 atom stereocenters. The SMILES string of the molecule is Cc1cccc(NC(=O)CCSc2nc3c(cc2C#N)CCCC3)c1C. The number of hydrogen-bond donors (Lipinski definition) is 1. The average Bonchev–Trinajstić information content (AvgIpc) is 2.65. The Balaban J connectivity index is 1.60. The number of fused-ring (bicyclic) bond motifs is 1. The lowest BCUT2D eigenvalue weighted by atomic mass is 9.95. The van der Waals surface area contributed by atoms with Crippen LogP contribution >= 0.6 is 11.8 Å². The van der Waals surface area contributed by atoms with Gasteiger partial charge in [-0.3, -0.25) is 4.79 Å².